The molecule has 0 aliphatic carbocycles. The number of carboxylic acid groups (broad SMARTS) is 1. The first-order valence-corrected chi connectivity index (χ1v) is 9.50. The van der Waals surface area contributed by atoms with Crippen LogP contribution in [0.15, 0.2) is 42.5 Å². The molecular formula is C24H24O6. The van der Waals surface area contributed by atoms with Crippen LogP contribution in [0.25, 0.3) is 6.08 Å². The number of phenolic OH excluding ortho intramolecular Hbond substituents is 1. The SMILES string of the molecule is CCCc1c(OCC#CCOc2cccc(/C=C/C(=O)O)c2)ccc(C(C)=O)c1O. The van der Waals surface area contributed by atoms with Crippen LogP contribution in [-0.2, 0) is 11.2 Å². The maximum Gasteiger partial charge on any atom is 0.328 e. The van der Waals surface area contributed by atoms with E-state index in [1.165, 1.54) is 13.0 Å². The lowest BCUT2D eigenvalue weighted by Gasteiger charge is -2.13. The Bertz CT molecular complexity index is 994. The molecule has 0 unspecified atom stereocenters. The summed E-state index contributed by atoms with van der Waals surface area (Å²) in [7, 11) is 0. The lowest BCUT2D eigenvalue weighted by Crippen LogP contribution is -2.03. The Labute approximate surface area is 175 Å². The molecule has 2 aromatic carbocycles. The molecule has 2 aromatic rings. The molecule has 0 heterocycles. The Morgan fingerprint density at radius 3 is 2.50 bits per heavy atom. The van der Waals surface area contributed by atoms with E-state index in [-0.39, 0.29) is 30.3 Å². The summed E-state index contributed by atoms with van der Waals surface area (Å²) in [5, 5.41) is 19.0. The number of carbonyl (C=O) groups excluding carboxylic acids is 1. The number of hydrogen-bond donors (Lipinski definition) is 2. The van der Waals surface area contributed by atoms with Gasteiger partial charge in [-0.15, -0.1) is 0 Å². The fourth-order valence-electron chi connectivity index (χ4n) is 2.74. The van der Waals surface area contributed by atoms with E-state index in [1.807, 2.05) is 6.92 Å². The number of aromatic hydroxyl groups is 1. The Kier molecular flexibility index (Phi) is 8.52. The molecule has 0 aromatic heterocycles. The van der Waals surface area contributed by atoms with Gasteiger partial charge in [-0.25, -0.2) is 4.79 Å². The molecule has 6 heteroatoms. The number of ether oxygens (including phenoxy) is 2. The number of Topliss-reactive ketones (excluding diaryl/α,β-unsaturated/α-hetero) is 1. The molecule has 0 saturated carbocycles. The number of benzene rings is 2. The molecular weight excluding hydrogens is 384 g/mol. The molecule has 0 fully saturated rings. The lowest BCUT2D eigenvalue weighted by molar-refractivity contribution is -0.131. The van der Waals surface area contributed by atoms with Crippen LogP contribution in [-0.4, -0.2) is 35.2 Å². The van der Waals surface area contributed by atoms with Crippen molar-refractivity contribution in [2.75, 3.05) is 13.2 Å². The van der Waals surface area contributed by atoms with Gasteiger partial charge in [-0.05, 0) is 49.2 Å². The summed E-state index contributed by atoms with van der Waals surface area (Å²) in [4.78, 5) is 22.2. The Balaban J connectivity index is 1.93. The summed E-state index contributed by atoms with van der Waals surface area (Å²) in [6.45, 7) is 3.65. The van der Waals surface area contributed by atoms with Gasteiger partial charge in [0.05, 0.1) is 5.56 Å². The maximum absolute atomic E-state index is 11.6. The predicted molar refractivity (Wildman–Crippen MR) is 114 cm³/mol. The molecule has 156 valence electrons. The third-order valence-electron chi connectivity index (χ3n) is 4.13. The second-order valence-corrected chi connectivity index (χ2v) is 6.42. The molecule has 30 heavy (non-hydrogen) atoms. The Morgan fingerprint density at radius 2 is 1.83 bits per heavy atom. The van der Waals surface area contributed by atoms with Gasteiger partial charge in [0.1, 0.15) is 30.5 Å². The van der Waals surface area contributed by atoms with E-state index in [1.54, 1.807) is 36.4 Å². The minimum Gasteiger partial charge on any atom is -0.507 e. The molecule has 6 nitrogen and oxygen atoms in total. The van der Waals surface area contributed by atoms with E-state index in [0.717, 1.165) is 12.5 Å². The van der Waals surface area contributed by atoms with Gasteiger partial charge in [-0.2, -0.15) is 0 Å². The standard InChI is InChI=1S/C24H24O6/c1-3-7-21-22(12-11-20(17(2)25)24(21)28)30-15-5-4-14-29-19-9-6-8-18(16-19)10-13-23(26)27/h6,8-13,16,28H,3,7,14-15H2,1-2H3,(H,26,27)/b13-10+. The van der Waals surface area contributed by atoms with Crippen LogP contribution < -0.4 is 9.47 Å². The molecule has 0 atom stereocenters. The first-order chi connectivity index (χ1) is 14.4. The number of carboxylic acids is 1. The van der Waals surface area contributed by atoms with Gasteiger partial charge in [0.2, 0.25) is 0 Å². The second kappa shape index (κ2) is 11.3. The molecule has 0 aliphatic rings. The molecule has 0 aliphatic heterocycles. The fourth-order valence-corrected chi connectivity index (χ4v) is 2.74. The molecule has 0 bridgehead atoms. The number of aliphatic carboxylic acids is 1. The van der Waals surface area contributed by atoms with E-state index in [9.17, 15) is 14.7 Å². The number of rotatable bonds is 9. The van der Waals surface area contributed by atoms with Crippen molar-refractivity contribution in [3.63, 3.8) is 0 Å². The smallest absolute Gasteiger partial charge is 0.328 e. The summed E-state index contributed by atoms with van der Waals surface area (Å²) >= 11 is 0. The average molecular weight is 408 g/mol. The number of carbonyl (C=O) groups is 2. The molecule has 2 N–H and O–H groups in total. The van der Waals surface area contributed by atoms with Crippen LogP contribution in [0.1, 0.15) is 41.8 Å². The quantitative estimate of drug-likeness (QED) is 0.369. The first-order valence-electron chi connectivity index (χ1n) is 9.50. The second-order valence-electron chi connectivity index (χ2n) is 6.42. The fraction of sp³-hybridized carbons (Fsp3) is 0.250. The van der Waals surface area contributed by atoms with E-state index < -0.39 is 5.97 Å². The van der Waals surface area contributed by atoms with Gasteiger partial charge in [0.15, 0.2) is 5.78 Å². The summed E-state index contributed by atoms with van der Waals surface area (Å²) in [6, 6.07) is 10.2. The third kappa shape index (κ3) is 6.71. The van der Waals surface area contributed by atoms with Crippen molar-refractivity contribution in [3.8, 4) is 29.1 Å². The topological polar surface area (TPSA) is 93.1 Å². The van der Waals surface area contributed by atoms with Gasteiger partial charge in [-0.3, -0.25) is 4.79 Å². The zero-order valence-electron chi connectivity index (χ0n) is 17.0. The van der Waals surface area contributed by atoms with Crippen LogP contribution in [0.2, 0.25) is 0 Å². The minimum absolute atomic E-state index is 0.0324. The highest BCUT2D eigenvalue weighted by Gasteiger charge is 2.15. The first kappa shape index (κ1) is 22.6. The minimum atomic E-state index is -1.02. The van der Waals surface area contributed by atoms with Gasteiger partial charge >= 0.3 is 5.97 Å². The molecule has 0 saturated heterocycles. The van der Waals surface area contributed by atoms with Crippen LogP contribution in [0.5, 0.6) is 17.2 Å². The van der Waals surface area contributed by atoms with Crippen molar-refractivity contribution >= 4 is 17.8 Å². The van der Waals surface area contributed by atoms with Crippen LogP contribution in [0.4, 0.5) is 0 Å². The van der Waals surface area contributed by atoms with Gasteiger partial charge in [0.25, 0.3) is 0 Å². The highest BCUT2D eigenvalue weighted by molar-refractivity contribution is 5.97. The van der Waals surface area contributed by atoms with E-state index in [2.05, 4.69) is 11.8 Å². The van der Waals surface area contributed by atoms with Crippen molar-refractivity contribution < 1.29 is 29.3 Å². The van der Waals surface area contributed by atoms with Gasteiger partial charge in [0, 0.05) is 11.6 Å². The Hall–Kier alpha value is -3.72. The monoisotopic (exact) mass is 408 g/mol. The molecule has 0 spiro atoms. The van der Waals surface area contributed by atoms with Crippen molar-refractivity contribution in [3.05, 3.63) is 59.2 Å². The summed E-state index contributed by atoms with van der Waals surface area (Å²) in [5.41, 5.74) is 1.60. The maximum atomic E-state index is 11.6. The Morgan fingerprint density at radius 1 is 1.10 bits per heavy atom. The van der Waals surface area contributed by atoms with Gasteiger partial charge in [-0.1, -0.05) is 37.3 Å². The highest BCUT2D eigenvalue weighted by atomic mass is 16.5. The van der Waals surface area contributed by atoms with Crippen LogP contribution in [0, 0.1) is 11.8 Å². The predicted octanol–water partition coefficient (Wildman–Crippen LogP) is 4.11. The summed E-state index contributed by atoms with van der Waals surface area (Å²) in [5.74, 6) is 5.53. The van der Waals surface area contributed by atoms with Crippen molar-refractivity contribution in [1.29, 1.82) is 0 Å². The van der Waals surface area contributed by atoms with Crippen molar-refractivity contribution in [2.45, 2.75) is 26.7 Å². The van der Waals surface area contributed by atoms with Crippen LogP contribution in [0.3, 0.4) is 0 Å². The molecule has 0 radical (unpaired) electrons. The number of ketones is 1. The lowest BCUT2D eigenvalue weighted by atomic mass is 10.0. The largest absolute Gasteiger partial charge is 0.507 e. The summed E-state index contributed by atoms with van der Waals surface area (Å²) in [6.07, 6.45) is 3.93. The zero-order chi connectivity index (χ0) is 21.9. The zero-order valence-corrected chi connectivity index (χ0v) is 17.0. The van der Waals surface area contributed by atoms with Crippen LogP contribution >= 0.6 is 0 Å². The van der Waals surface area contributed by atoms with Crippen molar-refractivity contribution in [1.82, 2.24) is 0 Å². The van der Waals surface area contributed by atoms with Crippen molar-refractivity contribution in [2.24, 2.45) is 0 Å². The van der Waals surface area contributed by atoms with E-state index >= 15 is 0 Å². The van der Waals surface area contributed by atoms with E-state index in [0.29, 0.717) is 29.0 Å². The normalized spacial score (nSPS) is 10.3. The molecule has 0 amide bonds. The van der Waals surface area contributed by atoms with Gasteiger partial charge < -0.3 is 19.7 Å². The molecule has 2 rings (SSSR count). The third-order valence-corrected chi connectivity index (χ3v) is 4.13. The number of phenols is 1. The highest BCUT2D eigenvalue weighted by Crippen LogP contribution is 2.32. The van der Waals surface area contributed by atoms with E-state index in [4.69, 9.17) is 14.6 Å². The number of hydrogen-bond acceptors (Lipinski definition) is 5. The average Bonchev–Trinajstić information content (AvgIpc) is 2.71. The summed E-state index contributed by atoms with van der Waals surface area (Å²) < 4.78 is 11.2.